The zero-order valence-corrected chi connectivity index (χ0v) is 11.1. The molecule has 2 unspecified atom stereocenters. The molecule has 1 fully saturated rings. The first-order chi connectivity index (χ1) is 7.01. The maximum atomic E-state index is 3.32. The summed E-state index contributed by atoms with van der Waals surface area (Å²) in [5.41, 5.74) is 0.402. The summed E-state index contributed by atoms with van der Waals surface area (Å²) >= 11 is 0. The average Bonchev–Trinajstić information content (AvgIpc) is 2.20. The molecule has 0 aromatic rings. The molecule has 2 atom stereocenters. The summed E-state index contributed by atoms with van der Waals surface area (Å²) in [7, 11) is 2.06. The predicted molar refractivity (Wildman–Crippen MR) is 67.2 cm³/mol. The normalized spacial score (nSPS) is 29.0. The SMILES string of the molecule is CCC(C)N1CC(CNC)CCC1(C)C. The van der Waals surface area contributed by atoms with Crippen molar-refractivity contribution in [1.29, 1.82) is 0 Å². The maximum absolute atomic E-state index is 3.32. The fraction of sp³-hybridized carbons (Fsp3) is 1.00. The molecule has 0 aromatic carbocycles. The zero-order valence-electron chi connectivity index (χ0n) is 11.1. The fourth-order valence-electron chi connectivity index (χ4n) is 2.77. The number of nitrogens with zero attached hydrogens (tertiary/aromatic N) is 1. The van der Waals surface area contributed by atoms with Crippen LogP contribution in [0.3, 0.4) is 0 Å². The van der Waals surface area contributed by atoms with Crippen molar-refractivity contribution in [2.75, 3.05) is 20.1 Å². The minimum atomic E-state index is 0.402. The van der Waals surface area contributed by atoms with Gasteiger partial charge in [0.1, 0.15) is 0 Å². The Bertz CT molecular complexity index is 189. The van der Waals surface area contributed by atoms with Crippen LogP contribution in [0.5, 0.6) is 0 Å². The van der Waals surface area contributed by atoms with E-state index >= 15 is 0 Å². The van der Waals surface area contributed by atoms with E-state index < -0.39 is 0 Å². The monoisotopic (exact) mass is 212 g/mol. The van der Waals surface area contributed by atoms with Crippen LogP contribution in [0.25, 0.3) is 0 Å². The molecule has 0 spiro atoms. The van der Waals surface area contributed by atoms with Crippen LogP contribution in [0.1, 0.15) is 47.0 Å². The Morgan fingerprint density at radius 2 is 2.13 bits per heavy atom. The second kappa shape index (κ2) is 5.31. The molecule has 0 radical (unpaired) electrons. The highest BCUT2D eigenvalue weighted by Crippen LogP contribution is 2.32. The van der Waals surface area contributed by atoms with Crippen molar-refractivity contribution in [1.82, 2.24) is 10.2 Å². The molecular formula is C13H28N2. The van der Waals surface area contributed by atoms with Gasteiger partial charge in [-0.15, -0.1) is 0 Å². The molecule has 0 amide bonds. The Kier molecular flexibility index (Phi) is 4.60. The van der Waals surface area contributed by atoms with Crippen LogP contribution in [-0.2, 0) is 0 Å². The van der Waals surface area contributed by atoms with E-state index in [1.54, 1.807) is 0 Å². The third kappa shape index (κ3) is 3.18. The van der Waals surface area contributed by atoms with E-state index in [1.807, 2.05) is 0 Å². The van der Waals surface area contributed by atoms with Crippen molar-refractivity contribution < 1.29 is 0 Å². The predicted octanol–water partition coefficient (Wildman–Crippen LogP) is 2.49. The molecule has 1 aliphatic heterocycles. The Morgan fingerprint density at radius 1 is 1.47 bits per heavy atom. The lowest BCUT2D eigenvalue weighted by molar-refractivity contribution is 0.0120. The quantitative estimate of drug-likeness (QED) is 0.770. The van der Waals surface area contributed by atoms with Crippen molar-refractivity contribution in [2.45, 2.75) is 58.5 Å². The first-order valence-corrected chi connectivity index (χ1v) is 6.42. The van der Waals surface area contributed by atoms with Crippen molar-refractivity contribution >= 4 is 0 Å². The van der Waals surface area contributed by atoms with Crippen molar-refractivity contribution in [3.05, 3.63) is 0 Å². The number of hydrogen-bond acceptors (Lipinski definition) is 2. The van der Waals surface area contributed by atoms with Gasteiger partial charge < -0.3 is 5.32 Å². The Balaban J connectivity index is 2.61. The Hall–Kier alpha value is -0.0800. The lowest BCUT2D eigenvalue weighted by atomic mass is 9.83. The first kappa shape index (κ1) is 13.0. The summed E-state index contributed by atoms with van der Waals surface area (Å²) in [6, 6.07) is 0.722. The molecule has 0 aliphatic carbocycles. The fourth-order valence-corrected chi connectivity index (χ4v) is 2.77. The summed E-state index contributed by atoms with van der Waals surface area (Å²) in [6.07, 6.45) is 3.97. The number of hydrogen-bond donors (Lipinski definition) is 1. The van der Waals surface area contributed by atoms with Gasteiger partial charge in [0.05, 0.1) is 0 Å². The van der Waals surface area contributed by atoms with Crippen LogP contribution in [0.4, 0.5) is 0 Å². The standard InChI is InChI=1S/C13H28N2/c1-6-11(2)15-10-12(9-14-5)7-8-13(15,3)4/h11-12,14H,6-10H2,1-5H3. The first-order valence-electron chi connectivity index (χ1n) is 6.42. The molecule has 1 heterocycles. The van der Waals surface area contributed by atoms with Crippen LogP contribution >= 0.6 is 0 Å². The van der Waals surface area contributed by atoms with Gasteiger partial charge in [-0.1, -0.05) is 6.92 Å². The topological polar surface area (TPSA) is 15.3 Å². The summed E-state index contributed by atoms with van der Waals surface area (Å²) in [6.45, 7) is 11.9. The molecule has 0 aromatic heterocycles. The van der Waals surface area contributed by atoms with Crippen LogP contribution in [0.2, 0.25) is 0 Å². The van der Waals surface area contributed by atoms with Crippen molar-refractivity contribution in [3.8, 4) is 0 Å². The van der Waals surface area contributed by atoms with Gasteiger partial charge in [0, 0.05) is 18.1 Å². The molecule has 1 N–H and O–H groups in total. The largest absolute Gasteiger partial charge is 0.319 e. The average molecular weight is 212 g/mol. The van der Waals surface area contributed by atoms with Crippen LogP contribution < -0.4 is 5.32 Å². The lowest BCUT2D eigenvalue weighted by Crippen LogP contribution is -2.55. The summed E-state index contributed by atoms with van der Waals surface area (Å²) in [4.78, 5) is 2.71. The van der Waals surface area contributed by atoms with E-state index in [4.69, 9.17) is 0 Å². The third-order valence-electron chi connectivity index (χ3n) is 4.01. The van der Waals surface area contributed by atoms with Gasteiger partial charge in [-0.05, 0) is 59.5 Å². The summed E-state index contributed by atoms with van der Waals surface area (Å²) < 4.78 is 0. The van der Waals surface area contributed by atoms with Crippen LogP contribution in [-0.4, -0.2) is 36.6 Å². The molecule has 2 heteroatoms. The van der Waals surface area contributed by atoms with Crippen LogP contribution in [0, 0.1) is 5.92 Å². The zero-order chi connectivity index (χ0) is 11.5. The number of likely N-dealkylation sites (tertiary alicyclic amines) is 1. The van der Waals surface area contributed by atoms with Gasteiger partial charge in [0.25, 0.3) is 0 Å². The third-order valence-corrected chi connectivity index (χ3v) is 4.01. The van der Waals surface area contributed by atoms with Gasteiger partial charge in [0.2, 0.25) is 0 Å². The lowest BCUT2D eigenvalue weighted by Gasteiger charge is -2.48. The minimum absolute atomic E-state index is 0.402. The van der Waals surface area contributed by atoms with E-state index in [0.29, 0.717) is 5.54 Å². The molecule has 90 valence electrons. The summed E-state index contributed by atoms with van der Waals surface area (Å²) in [5, 5.41) is 3.32. The second-order valence-electron chi connectivity index (χ2n) is 5.68. The van der Waals surface area contributed by atoms with Gasteiger partial charge in [0.15, 0.2) is 0 Å². The molecular weight excluding hydrogens is 184 g/mol. The van der Waals surface area contributed by atoms with E-state index in [1.165, 1.54) is 32.4 Å². The maximum Gasteiger partial charge on any atom is 0.0156 e. The smallest absolute Gasteiger partial charge is 0.0156 e. The number of nitrogens with one attached hydrogen (secondary N) is 1. The Labute approximate surface area is 95.4 Å². The summed E-state index contributed by atoms with van der Waals surface area (Å²) in [5.74, 6) is 0.844. The molecule has 1 saturated heterocycles. The number of piperidine rings is 1. The molecule has 2 nitrogen and oxygen atoms in total. The second-order valence-corrected chi connectivity index (χ2v) is 5.68. The highest BCUT2D eigenvalue weighted by molar-refractivity contribution is 4.91. The van der Waals surface area contributed by atoms with E-state index in [2.05, 4.69) is 45.0 Å². The highest BCUT2D eigenvalue weighted by atomic mass is 15.2. The highest BCUT2D eigenvalue weighted by Gasteiger charge is 2.35. The molecule has 0 saturated carbocycles. The molecule has 1 aliphatic rings. The van der Waals surface area contributed by atoms with E-state index in [0.717, 1.165) is 12.0 Å². The molecule has 1 rings (SSSR count). The van der Waals surface area contributed by atoms with Gasteiger partial charge in [-0.3, -0.25) is 4.90 Å². The van der Waals surface area contributed by atoms with Gasteiger partial charge >= 0.3 is 0 Å². The van der Waals surface area contributed by atoms with Crippen molar-refractivity contribution in [3.63, 3.8) is 0 Å². The number of rotatable bonds is 4. The molecule has 0 bridgehead atoms. The van der Waals surface area contributed by atoms with E-state index in [9.17, 15) is 0 Å². The van der Waals surface area contributed by atoms with Crippen molar-refractivity contribution in [2.24, 2.45) is 5.92 Å². The van der Waals surface area contributed by atoms with Gasteiger partial charge in [-0.2, -0.15) is 0 Å². The Morgan fingerprint density at radius 3 is 2.67 bits per heavy atom. The molecule has 15 heavy (non-hydrogen) atoms. The minimum Gasteiger partial charge on any atom is -0.319 e. The van der Waals surface area contributed by atoms with E-state index in [-0.39, 0.29) is 0 Å². The van der Waals surface area contributed by atoms with Gasteiger partial charge in [-0.25, -0.2) is 0 Å². The van der Waals surface area contributed by atoms with Crippen LogP contribution in [0.15, 0.2) is 0 Å².